The zero-order valence-corrected chi connectivity index (χ0v) is 10.9. The summed E-state index contributed by atoms with van der Waals surface area (Å²) in [6, 6.07) is -0.362. The Kier molecular flexibility index (Phi) is 4.38. The van der Waals surface area contributed by atoms with Crippen molar-refractivity contribution in [2.75, 3.05) is 13.6 Å². The summed E-state index contributed by atoms with van der Waals surface area (Å²) in [5.41, 5.74) is 5.29. The van der Waals surface area contributed by atoms with Crippen LogP contribution < -0.4 is 11.1 Å². The number of carbonyl (C=O) groups is 2. The summed E-state index contributed by atoms with van der Waals surface area (Å²) in [6.45, 7) is 0.710. The number of halogens is 1. The van der Waals surface area contributed by atoms with Crippen LogP contribution in [0.3, 0.4) is 0 Å². The van der Waals surface area contributed by atoms with E-state index in [9.17, 15) is 9.59 Å². The third-order valence-corrected chi connectivity index (χ3v) is 3.68. The van der Waals surface area contributed by atoms with E-state index in [0.717, 1.165) is 25.7 Å². The first-order valence-electron chi connectivity index (χ1n) is 5.88. The second kappa shape index (κ2) is 5.23. The average molecular weight is 262 g/mol. The van der Waals surface area contributed by atoms with Crippen LogP contribution >= 0.6 is 12.4 Å². The Hall–Kier alpha value is -0.810. The topological polar surface area (TPSA) is 75.4 Å². The molecule has 2 aliphatic rings. The molecular weight excluding hydrogens is 242 g/mol. The third-order valence-electron chi connectivity index (χ3n) is 3.68. The van der Waals surface area contributed by atoms with E-state index in [1.54, 1.807) is 11.9 Å². The van der Waals surface area contributed by atoms with Crippen LogP contribution in [-0.2, 0) is 9.59 Å². The van der Waals surface area contributed by atoms with Crippen LogP contribution in [0.2, 0.25) is 0 Å². The van der Waals surface area contributed by atoms with Crippen molar-refractivity contribution in [3.8, 4) is 0 Å². The van der Waals surface area contributed by atoms with E-state index < -0.39 is 5.54 Å². The molecule has 2 rings (SSSR count). The first-order chi connectivity index (χ1) is 7.53. The number of hydrogen-bond acceptors (Lipinski definition) is 3. The monoisotopic (exact) mass is 261 g/mol. The standard InChI is InChI=1S/C11H19N3O2.ClH/c1-14-7-4-8(9(14)15)13-10(16)11(12)5-2-3-6-11;/h8H,2-7,12H2,1H3,(H,13,16);1H. The maximum Gasteiger partial charge on any atom is 0.244 e. The van der Waals surface area contributed by atoms with Crippen molar-refractivity contribution in [1.29, 1.82) is 0 Å². The molecule has 0 bridgehead atoms. The van der Waals surface area contributed by atoms with Crippen molar-refractivity contribution < 1.29 is 9.59 Å². The van der Waals surface area contributed by atoms with Crippen molar-refractivity contribution in [2.45, 2.75) is 43.7 Å². The highest BCUT2D eigenvalue weighted by Crippen LogP contribution is 2.27. The van der Waals surface area contributed by atoms with Crippen molar-refractivity contribution in [1.82, 2.24) is 10.2 Å². The lowest BCUT2D eigenvalue weighted by molar-refractivity contribution is -0.133. The van der Waals surface area contributed by atoms with Gasteiger partial charge in [0, 0.05) is 13.6 Å². The highest BCUT2D eigenvalue weighted by molar-refractivity contribution is 5.92. The van der Waals surface area contributed by atoms with Gasteiger partial charge < -0.3 is 16.0 Å². The number of likely N-dealkylation sites (tertiary alicyclic amines) is 1. The Morgan fingerprint density at radius 1 is 1.47 bits per heavy atom. The number of hydrogen-bond donors (Lipinski definition) is 2. The Morgan fingerprint density at radius 3 is 2.53 bits per heavy atom. The minimum atomic E-state index is -0.735. The average Bonchev–Trinajstić information content (AvgIpc) is 2.81. The molecule has 1 saturated heterocycles. The first-order valence-corrected chi connectivity index (χ1v) is 5.88. The second-order valence-electron chi connectivity index (χ2n) is 4.94. The summed E-state index contributed by atoms with van der Waals surface area (Å²) in [4.78, 5) is 25.2. The van der Waals surface area contributed by atoms with E-state index in [2.05, 4.69) is 5.32 Å². The Bertz CT molecular complexity index is 316. The van der Waals surface area contributed by atoms with Crippen LogP contribution in [-0.4, -0.2) is 41.9 Å². The Labute approximate surface area is 108 Å². The van der Waals surface area contributed by atoms with Gasteiger partial charge >= 0.3 is 0 Å². The normalized spacial score (nSPS) is 26.8. The SMILES string of the molecule is CN1CCC(NC(=O)C2(N)CCCC2)C1=O.Cl. The highest BCUT2D eigenvalue weighted by Gasteiger charge is 2.40. The van der Waals surface area contributed by atoms with E-state index >= 15 is 0 Å². The molecule has 0 radical (unpaired) electrons. The van der Waals surface area contributed by atoms with Gasteiger partial charge in [0.2, 0.25) is 11.8 Å². The van der Waals surface area contributed by atoms with Crippen molar-refractivity contribution in [3.05, 3.63) is 0 Å². The molecule has 1 atom stereocenters. The third kappa shape index (κ3) is 2.72. The number of amides is 2. The summed E-state index contributed by atoms with van der Waals surface area (Å²) < 4.78 is 0. The fourth-order valence-corrected chi connectivity index (χ4v) is 2.49. The second-order valence-corrected chi connectivity index (χ2v) is 4.94. The van der Waals surface area contributed by atoms with Gasteiger partial charge in [-0.25, -0.2) is 0 Å². The minimum Gasteiger partial charge on any atom is -0.344 e. The summed E-state index contributed by atoms with van der Waals surface area (Å²) in [6.07, 6.45) is 4.16. The molecular formula is C11H20ClN3O2. The van der Waals surface area contributed by atoms with Gasteiger partial charge in [-0.15, -0.1) is 12.4 Å². The number of carbonyl (C=O) groups excluding carboxylic acids is 2. The molecule has 1 aliphatic heterocycles. The van der Waals surface area contributed by atoms with Gasteiger partial charge in [0.05, 0.1) is 5.54 Å². The number of rotatable bonds is 2. The molecule has 1 unspecified atom stereocenters. The van der Waals surface area contributed by atoms with Crippen LogP contribution in [0.5, 0.6) is 0 Å². The molecule has 0 aromatic rings. The number of nitrogens with one attached hydrogen (secondary N) is 1. The lowest BCUT2D eigenvalue weighted by Gasteiger charge is -2.24. The summed E-state index contributed by atoms with van der Waals surface area (Å²) in [5.74, 6) is -0.159. The number of likely N-dealkylation sites (N-methyl/N-ethyl adjacent to an activating group) is 1. The number of nitrogens with two attached hydrogens (primary N) is 1. The predicted octanol–water partition coefficient (Wildman–Crippen LogP) is 0.0266. The van der Waals surface area contributed by atoms with E-state index in [1.165, 1.54) is 0 Å². The summed E-state index contributed by atoms with van der Waals surface area (Å²) in [5, 5.41) is 2.79. The van der Waals surface area contributed by atoms with E-state index in [1.807, 2.05) is 0 Å². The molecule has 1 saturated carbocycles. The van der Waals surface area contributed by atoms with Crippen molar-refractivity contribution in [3.63, 3.8) is 0 Å². The molecule has 1 heterocycles. The highest BCUT2D eigenvalue weighted by atomic mass is 35.5. The first kappa shape index (κ1) is 14.3. The van der Waals surface area contributed by atoms with E-state index in [0.29, 0.717) is 13.0 Å². The van der Waals surface area contributed by atoms with Crippen LogP contribution in [0, 0.1) is 0 Å². The molecule has 2 fully saturated rings. The fraction of sp³-hybridized carbons (Fsp3) is 0.818. The quantitative estimate of drug-likeness (QED) is 0.736. The van der Waals surface area contributed by atoms with Gasteiger partial charge in [-0.3, -0.25) is 9.59 Å². The maximum atomic E-state index is 12.0. The fourth-order valence-electron chi connectivity index (χ4n) is 2.49. The molecule has 1 aliphatic carbocycles. The van der Waals surface area contributed by atoms with Gasteiger partial charge in [0.15, 0.2) is 0 Å². The minimum absolute atomic E-state index is 0. The summed E-state index contributed by atoms with van der Waals surface area (Å²) in [7, 11) is 1.75. The van der Waals surface area contributed by atoms with E-state index in [4.69, 9.17) is 5.73 Å². The molecule has 0 aromatic carbocycles. The molecule has 3 N–H and O–H groups in total. The molecule has 0 aromatic heterocycles. The van der Waals surface area contributed by atoms with Gasteiger partial charge in [-0.1, -0.05) is 12.8 Å². The smallest absolute Gasteiger partial charge is 0.244 e. The van der Waals surface area contributed by atoms with Gasteiger partial charge in [0.25, 0.3) is 0 Å². The Morgan fingerprint density at radius 2 is 2.06 bits per heavy atom. The molecule has 2 amide bonds. The van der Waals surface area contributed by atoms with Crippen LogP contribution in [0.25, 0.3) is 0 Å². The zero-order chi connectivity index (χ0) is 11.8. The largest absolute Gasteiger partial charge is 0.344 e. The van der Waals surface area contributed by atoms with E-state index in [-0.39, 0.29) is 30.3 Å². The van der Waals surface area contributed by atoms with Gasteiger partial charge in [-0.2, -0.15) is 0 Å². The van der Waals surface area contributed by atoms with Crippen LogP contribution in [0.15, 0.2) is 0 Å². The molecule has 98 valence electrons. The molecule has 6 heteroatoms. The van der Waals surface area contributed by atoms with Gasteiger partial charge in [-0.05, 0) is 19.3 Å². The molecule has 17 heavy (non-hydrogen) atoms. The van der Waals surface area contributed by atoms with Crippen molar-refractivity contribution in [2.24, 2.45) is 5.73 Å². The maximum absolute atomic E-state index is 12.0. The Balaban J connectivity index is 0.00000144. The van der Waals surface area contributed by atoms with Crippen LogP contribution in [0.4, 0.5) is 0 Å². The zero-order valence-electron chi connectivity index (χ0n) is 10.1. The van der Waals surface area contributed by atoms with Crippen molar-refractivity contribution >= 4 is 24.2 Å². The predicted molar refractivity (Wildman–Crippen MR) is 66.8 cm³/mol. The summed E-state index contributed by atoms with van der Waals surface area (Å²) >= 11 is 0. The molecule has 0 spiro atoms. The lowest BCUT2D eigenvalue weighted by Crippen LogP contribution is -2.55. The van der Waals surface area contributed by atoms with Crippen LogP contribution in [0.1, 0.15) is 32.1 Å². The molecule has 5 nitrogen and oxygen atoms in total. The lowest BCUT2D eigenvalue weighted by atomic mass is 9.97. The van der Waals surface area contributed by atoms with Gasteiger partial charge in [0.1, 0.15) is 6.04 Å². The number of nitrogens with zero attached hydrogens (tertiary/aromatic N) is 1.